The fraction of sp³-hybridized carbons (Fsp3) is 0.583. The summed E-state index contributed by atoms with van der Waals surface area (Å²) >= 11 is 0. The smallest absolute Gasteiger partial charge is 0.423 e. The van der Waals surface area contributed by atoms with Crippen molar-refractivity contribution in [1.29, 1.82) is 0 Å². The molecule has 3 heterocycles. The van der Waals surface area contributed by atoms with Crippen LogP contribution in [0.1, 0.15) is 24.8 Å². The van der Waals surface area contributed by atoms with Crippen LogP contribution in [-0.4, -0.2) is 35.6 Å². The van der Waals surface area contributed by atoms with Crippen LogP contribution in [0.4, 0.5) is 0 Å². The van der Waals surface area contributed by atoms with E-state index >= 15 is 0 Å². The number of carbonyl (C=O) groups excluding carboxylic acids is 2. The standard InChI is InChI=1S/C12H14N2O5/c1-6-4-5-14(3)12(6)9-8(7(2)13-19-9)17-10(15)11(16)18-12/h6H,4-5H2,1-3H3. The average Bonchev–Trinajstić information content (AvgIpc) is 2.81. The van der Waals surface area contributed by atoms with Gasteiger partial charge < -0.3 is 14.0 Å². The lowest BCUT2D eigenvalue weighted by Gasteiger charge is -2.34. The summed E-state index contributed by atoms with van der Waals surface area (Å²) < 4.78 is 15.7. The quantitative estimate of drug-likeness (QED) is 0.501. The number of hydrogen-bond donors (Lipinski definition) is 0. The number of nitrogens with zero attached hydrogens (tertiary/aromatic N) is 2. The zero-order valence-electron chi connectivity index (χ0n) is 10.9. The van der Waals surface area contributed by atoms with Gasteiger partial charge in [0.25, 0.3) is 0 Å². The predicted molar refractivity (Wildman–Crippen MR) is 61.1 cm³/mol. The molecule has 2 unspecified atom stereocenters. The normalized spacial score (nSPS) is 31.0. The number of hydrogen-bond acceptors (Lipinski definition) is 7. The van der Waals surface area contributed by atoms with Crippen molar-refractivity contribution < 1.29 is 23.6 Å². The van der Waals surface area contributed by atoms with E-state index in [1.165, 1.54) is 0 Å². The maximum atomic E-state index is 11.8. The Bertz CT molecular complexity index is 554. The molecule has 0 N–H and O–H groups in total. The van der Waals surface area contributed by atoms with Crippen molar-refractivity contribution in [2.45, 2.75) is 26.0 Å². The van der Waals surface area contributed by atoms with Crippen molar-refractivity contribution in [3.8, 4) is 5.75 Å². The van der Waals surface area contributed by atoms with Crippen LogP contribution < -0.4 is 4.74 Å². The molecule has 0 radical (unpaired) electrons. The van der Waals surface area contributed by atoms with Gasteiger partial charge in [0.05, 0.1) is 0 Å². The zero-order valence-corrected chi connectivity index (χ0v) is 10.9. The Morgan fingerprint density at radius 2 is 2.11 bits per heavy atom. The van der Waals surface area contributed by atoms with E-state index in [9.17, 15) is 9.59 Å². The monoisotopic (exact) mass is 266 g/mol. The summed E-state index contributed by atoms with van der Waals surface area (Å²) in [5.41, 5.74) is -0.687. The lowest BCUT2D eigenvalue weighted by molar-refractivity contribution is -0.195. The van der Waals surface area contributed by atoms with E-state index in [0.717, 1.165) is 13.0 Å². The van der Waals surface area contributed by atoms with E-state index < -0.39 is 17.7 Å². The van der Waals surface area contributed by atoms with Crippen molar-refractivity contribution in [1.82, 2.24) is 10.1 Å². The van der Waals surface area contributed by atoms with Crippen LogP contribution in [0.3, 0.4) is 0 Å². The molecule has 2 aliphatic rings. The van der Waals surface area contributed by atoms with Gasteiger partial charge in [-0.3, -0.25) is 4.90 Å². The van der Waals surface area contributed by atoms with Gasteiger partial charge in [-0.2, -0.15) is 0 Å². The van der Waals surface area contributed by atoms with Crippen LogP contribution in [-0.2, 0) is 20.1 Å². The summed E-state index contributed by atoms with van der Waals surface area (Å²) in [6, 6.07) is 0. The lowest BCUT2D eigenvalue weighted by Crippen LogP contribution is -2.46. The van der Waals surface area contributed by atoms with Crippen molar-refractivity contribution >= 4 is 11.9 Å². The van der Waals surface area contributed by atoms with Gasteiger partial charge in [0, 0.05) is 12.5 Å². The van der Waals surface area contributed by atoms with Crippen molar-refractivity contribution in [3.63, 3.8) is 0 Å². The molecule has 0 aliphatic carbocycles. The highest BCUT2D eigenvalue weighted by molar-refractivity contribution is 6.30. The Balaban J connectivity index is 2.23. The van der Waals surface area contributed by atoms with Crippen LogP contribution in [0.2, 0.25) is 0 Å². The minimum Gasteiger partial charge on any atom is -0.427 e. The molecule has 7 heteroatoms. The van der Waals surface area contributed by atoms with Gasteiger partial charge in [-0.15, -0.1) is 0 Å². The van der Waals surface area contributed by atoms with Crippen molar-refractivity contribution in [3.05, 3.63) is 11.5 Å². The molecule has 2 atom stereocenters. The van der Waals surface area contributed by atoms with Gasteiger partial charge in [0.2, 0.25) is 17.2 Å². The third kappa shape index (κ3) is 1.45. The highest BCUT2D eigenvalue weighted by Crippen LogP contribution is 2.48. The maximum absolute atomic E-state index is 11.8. The minimum absolute atomic E-state index is 0.0259. The second-order valence-corrected chi connectivity index (χ2v) is 5.01. The van der Waals surface area contributed by atoms with Gasteiger partial charge in [-0.05, 0) is 20.4 Å². The number of ether oxygens (including phenoxy) is 2. The fourth-order valence-electron chi connectivity index (χ4n) is 2.77. The number of fused-ring (bicyclic) bond motifs is 2. The first-order valence-corrected chi connectivity index (χ1v) is 6.10. The third-order valence-corrected chi connectivity index (χ3v) is 3.88. The van der Waals surface area contributed by atoms with E-state index in [0.29, 0.717) is 5.69 Å². The number of rotatable bonds is 0. The van der Waals surface area contributed by atoms with Gasteiger partial charge >= 0.3 is 11.9 Å². The van der Waals surface area contributed by atoms with Crippen LogP contribution in [0.15, 0.2) is 4.52 Å². The lowest BCUT2D eigenvalue weighted by atomic mass is 9.95. The summed E-state index contributed by atoms with van der Waals surface area (Å²) in [5.74, 6) is -1.60. The molecule has 3 rings (SSSR count). The Hall–Kier alpha value is -1.89. The molecule has 1 aromatic heterocycles. The molecule has 102 valence electrons. The molecule has 0 aromatic carbocycles. The van der Waals surface area contributed by atoms with E-state index in [1.807, 2.05) is 18.9 Å². The first kappa shape index (κ1) is 12.2. The average molecular weight is 266 g/mol. The number of likely N-dealkylation sites (tertiary alicyclic amines) is 1. The molecule has 19 heavy (non-hydrogen) atoms. The Morgan fingerprint density at radius 3 is 2.74 bits per heavy atom. The summed E-state index contributed by atoms with van der Waals surface area (Å²) in [5, 5.41) is 3.82. The van der Waals surface area contributed by atoms with Gasteiger partial charge in [0.15, 0.2) is 0 Å². The first-order valence-electron chi connectivity index (χ1n) is 6.10. The van der Waals surface area contributed by atoms with Crippen LogP contribution in [0.25, 0.3) is 0 Å². The largest absolute Gasteiger partial charge is 0.427 e. The van der Waals surface area contributed by atoms with Crippen molar-refractivity contribution in [2.24, 2.45) is 5.92 Å². The Morgan fingerprint density at radius 1 is 1.37 bits per heavy atom. The molecule has 1 aromatic rings. The summed E-state index contributed by atoms with van der Waals surface area (Å²) in [6.07, 6.45) is 0.817. The van der Waals surface area contributed by atoms with E-state index in [4.69, 9.17) is 14.0 Å². The summed E-state index contributed by atoms with van der Waals surface area (Å²) in [4.78, 5) is 25.2. The van der Waals surface area contributed by atoms with Gasteiger partial charge in [-0.25, -0.2) is 9.59 Å². The summed E-state index contributed by atoms with van der Waals surface area (Å²) in [6.45, 7) is 4.31. The molecule has 0 bridgehead atoms. The molecule has 1 spiro atoms. The number of esters is 2. The molecule has 1 fully saturated rings. The molecule has 7 nitrogen and oxygen atoms in total. The van der Waals surface area contributed by atoms with E-state index in [-0.39, 0.29) is 17.4 Å². The molecule has 1 saturated heterocycles. The van der Waals surface area contributed by atoms with E-state index in [2.05, 4.69) is 5.16 Å². The van der Waals surface area contributed by atoms with Crippen LogP contribution in [0, 0.1) is 12.8 Å². The number of aryl methyl sites for hydroxylation is 1. The summed E-state index contributed by atoms with van der Waals surface area (Å²) in [7, 11) is 1.81. The molecular formula is C12H14N2O5. The Labute approximate surface area is 109 Å². The highest BCUT2D eigenvalue weighted by Gasteiger charge is 2.57. The van der Waals surface area contributed by atoms with Gasteiger partial charge in [0.1, 0.15) is 5.69 Å². The topological polar surface area (TPSA) is 81.9 Å². The minimum atomic E-state index is -1.11. The second kappa shape index (κ2) is 3.80. The Kier molecular flexibility index (Phi) is 2.43. The molecule has 0 amide bonds. The highest BCUT2D eigenvalue weighted by atomic mass is 16.6. The molecular weight excluding hydrogens is 252 g/mol. The number of aromatic nitrogens is 1. The molecule has 2 aliphatic heterocycles. The maximum Gasteiger partial charge on any atom is 0.423 e. The second-order valence-electron chi connectivity index (χ2n) is 5.01. The zero-order chi connectivity index (χ0) is 13.8. The first-order chi connectivity index (χ1) is 8.96. The van der Waals surface area contributed by atoms with Crippen LogP contribution in [0.5, 0.6) is 5.75 Å². The van der Waals surface area contributed by atoms with Crippen molar-refractivity contribution in [2.75, 3.05) is 13.6 Å². The van der Waals surface area contributed by atoms with E-state index in [1.54, 1.807) is 6.92 Å². The predicted octanol–water partition coefficient (Wildman–Crippen LogP) is 0.570. The fourth-order valence-corrected chi connectivity index (χ4v) is 2.77. The SMILES string of the molecule is Cc1noc2c1OC(=O)C(=O)OC21C(C)CCN1C. The van der Waals surface area contributed by atoms with Gasteiger partial charge in [-0.1, -0.05) is 12.1 Å². The molecule has 0 saturated carbocycles. The third-order valence-electron chi connectivity index (χ3n) is 3.88. The van der Waals surface area contributed by atoms with Crippen LogP contribution >= 0.6 is 0 Å². The number of carbonyl (C=O) groups is 2.